The molecule has 0 aromatic heterocycles. The van der Waals surface area contributed by atoms with Crippen LogP contribution in [0.1, 0.15) is 12.0 Å². The molecule has 1 nitrogen and oxygen atoms in total. The molecule has 0 aliphatic carbocycles. The molecule has 1 rings (SSSR count). The van der Waals surface area contributed by atoms with Crippen LogP contribution in [-0.4, -0.2) is 19.1 Å². The molecule has 0 radical (unpaired) electrons. The van der Waals surface area contributed by atoms with Gasteiger partial charge in [0.1, 0.15) is 0 Å². The van der Waals surface area contributed by atoms with Gasteiger partial charge < -0.3 is 4.74 Å². The van der Waals surface area contributed by atoms with Crippen molar-refractivity contribution < 1.29 is 4.74 Å². The summed E-state index contributed by atoms with van der Waals surface area (Å²) in [6, 6.07) is 5.52. The largest absolute Gasteiger partial charge is 0.383 e. The highest BCUT2D eigenvalue weighted by Crippen LogP contribution is 2.23. The number of rotatable bonds is 5. The average molecular weight is 268 g/mol. The summed E-state index contributed by atoms with van der Waals surface area (Å²) in [4.78, 5) is 0. The van der Waals surface area contributed by atoms with E-state index in [1.54, 1.807) is 13.2 Å². The Bertz CT molecular complexity index is 315. The zero-order valence-corrected chi connectivity index (χ0v) is 10.7. The zero-order valence-electron chi connectivity index (χ0n) is 8.47. The van der Waals surface area contributed by atoms with Crippen LogP contribution in [0.25, 0.3) is 0 Å². The lowest BCUT2D eigenvalue weighted by Gasteiger charge is -2.09. The summed E-state index contributed by atoms with van der Waals surface area (Å²) in [6.45, 7) is 0.562. The number of benzene rings is 1. The summed E-state index contributed by atoms with van der Waals surface area (Å²) in [5.74, 6) is 0. The maximum absolute atomic E-state index is 6.03. The van der Waals surface area contributed by atoms with Crippen LogP contribution in [0, 0.1) is 0 Å². The quantitative estimate of drug-likeness (QED) is 0.727. The molecule has 0 heterocycles. The van der Waals surface area contributed by atoms with E-state index in [0.29, 0.717) is 16.7 Å². The highest BCUT2D eigenvalue weighted by molar-refractivity contribution is 6.35. The molecule has 1 aromatic rings. The molecule has 0 bridgehead atoms. The minimum atomic E-state index is 0.0294. The van der Waals surface area contributed by atoms with E-state index in [1.807, 2.05) is 12.1 Å². The van der Waals surface area contributed by atoms with Crippen LogP contribution in [0.3, 0.4) is 0 Å². The molecule has 1 unspecified atom stereocenters. The number of alkyl halides is 1. The molecule has 84 valence electrons. The Balaban J connectivity index is 2.50. The molecule has 0 aliphatic rings. The maximum Gasteiger partial charge on any atom is 0.0626 e. The van der Waals surface area contributed by atoms with Gasteiger partial charge in [-0.05, 0) is 30.5 Å². The van der Waals surface area contributed by atoms with Gasteiger partial charge in [-0.3, -0.25) is 0 Å². The van der Waals surface area contributed by atoms with Gasteiger partial charge in [0, 0.05) is 17.2 Å². The number of ether oxygens (including phenoxy) is 1. The highest BCUT2D eigenvalue weighted by atomic mass is 35.5. The molecule has 0 N–H and O–H groups in total. The van der Waals surface area contributed by atoms with Crippen LogP contribution in [0.4, 0.5) is 0 Å². The van der Waals surface area contributed by atoms with Crippen LogP contribution in [0.5, 0.6) is 0 Å². The van der Waals surface area contributed by atoms with Crippen molar-refractivity contribution in [1.82, 2.24) is 0 Å². The Hall–Kier alpha value is 0.0500. The third-order valence-corrected chi connectivity index (χ3v) is 3.02. The molecule has 0 saturated carbocycles. The number of hydrogen-bond acceptors (Lipinski definition) is 1. The van der Waals surface area contributed by atoms with E-state index in [2.05, 4.69) is 0 Å². The normalized spacial score (nSPS) is 12.8. The van der Waals surface area contributed by atoms with E-state index in [4.69, 9.17) is 39.5 Å². The van der Waals surface area contributed by atoms with Crippen molar-refractivity contribution in [2.75, 3.05) is 13.7 Å². The summed E-state index contributed by atoms with van der Waals surface area (Å²) in [7, 11) is 1.64. The van der Waals surface area contributed by atoms with Gasteiger partial charge in [0.05, 0.1) is 12.0 Å². The Morgan fingerprint density at radius 3 is 2.67 bits per heavy atom. The van der Waals surface area contributed by atoms with Crippen molar-refractivity contribution in [1.29, 1.82) is 0 Å². The van der Waals surface area contributed by atoms with Gasteiger partial charge in [0.25, 0.3) is 0 Å². The number of aryl methyl sites for hydroxylation is 1. The van der Waals surface area contributed by atoms with Crippen molar-refractivity contribution in [2.45, 2.75) is 18.2 Å². The second-order valence-electron chi connectivity index (χ2n) is 3.33. The van der Waals surface area contributed by atoms with E-state index < -0.39 is 0 Å². The fourth-order valence-corrected chi connectivity index (χ4v) is 2.04. The van der Waals surface area contributed by atoms with Gasteiger partial charge in [0.15, 0.2) is 0 Å². The SMILES string of the molecule is COCC(Cl)CCc1ccc(Cl)cc1Cl. The maximum atomic E-state index is 6.03. The first-order valence-corrected chi connectivity index (χ1v) is 5.89. The second-order valence-corrected chi connectivity index (χ2v) is 4.79. The van der Waals surface area contributed by atoms with Gasteiger partial charge in [-0.25, -0.2) is 0 Å². The van der Waals surface area contributed by atoms with Crippen molar-refractivity contribution in [3.8, 4) is 0 Å². The monoisotopic (exact) mass is 266 g/mol. The number of hydrogen-bond donors (Lipinski definition) is 0. The molecule has 0 spiro atoms. The smallest absolute Gasteiger partial charge is 0.0626 e. The van der Waals surface area contributed by atoms with E-state index >= 15 is 0 Å². The number of halogens is 3. The predicted molar refractivity (Wildman–Crippen MR) is 66.3 cm³/mol. The lowest BCUT2D eigenvalue weighted by molar-refractivity contribution is 0.195. The standard InChI is InChI=1S/C11H13Cl3O/c1-15-7-10(13)5-3-8-2-4-9(12)6-11(8)14/h2,4,6,10H,3,5,7H2,1H3. The summed E-state index contributed by atoms with van der Waals surface area (Å²) < 4.78 is 4.96. The molecule has 0 amide bonds. The van der Waals surface area contributed by atoms with Gasteiger partial charge in [0.2, 0.25) is 0 Å². The first-order valence-electron chi connectivity index (χ1n) is 4.70. The van der Waals surface area contributed by atoms with Gasteiger partial charge in [-0.15, -0.1) is 11.6 Å². The van der Waals surface area contributed by atoms with Crippen LogP contribution < -0.4 is 0 Å². The van der Waals surface area contributed by atoms with Crippen LogP contribution in [0.2, 0.25) is 10.0 Å². The fraction of sp³-hybridized carbons (Fsp3) is 0.455. The highest BCUT2D eigenvalue weighted by Gasteiger charge is 2.06. The zero-order chi connectivity index (χ0) is 11.3. The Morgan fingerprint density at radius 1 is 1.33 bits per heavy atom. The molecule has 1 atom stereocenters. The molecule has 15 heavy (non-hydrogen) atoms. The van der Waals surface area contributed by atoms with Crippen molar-refractivity contribution >= 4 is 34.8 Å². The van der Waals surface area contributed by atoms with Crippen LogP contribution in [-0.2, 0) is 11.2 Å². The fourth-order valence-electron chi connectivity index (χ4n) is 1.30. The molecule has 1 aromatic carbocycles. The molecule has 0 aliphatic heterocycles. The predicted octanol–water partition coefficient (Wildman–Crippen LogP) is 4.18. The van der Waals surface area contributed by atoms with Gasteiger partial charge in [-0.2, -0.15) is 0 Å². The Morgan fingerprint density at radius 2 is 2.07 bits per heavy atom. The lowest BCUT2D eigenvalue weighted by atomic mass is 10.1. The van der Waals surface area contributed by atoms with E-state index in [9.17, 15) is 0 Å². The first-order chi connectivity index (χ1) is 7.13. The molecule has 0 saturated heterocycles. The summed E-state index contributed by atoms with van der Waals surface area (Å²) in [5.41, 5.74) is 1.07. The third kappa shape index (κ3) is 4.60. The third-order valence-electron chi connectivity index (χ3n) is 2.09. The van der Waals surface area contributed by atoms with Crippen molar-refractivity contribution in [3.63, 3.8) is 0 Å². The van der Waals surface area contributed by atoms with Gasteiger partial charge in [-0.1, -0.05) is 29.3 Å². The summed E-state index contributed by atoms with van der Waals surface area (Å²) >= 11 is 17.9. The van der Waals surface area contributed by atoms with Crippen molar-refractivity contribution in [2.24, 2.45) is 0 Å². The van der Waals surface area contributed by atoms with Crippen LogP contribution in [0.15, 0.2) is 18.2 Å². The molecule has 4 heteroatoms. The Labute approximate surface area is 105 Å². The van der Waals surface area contributed by atoms with E-state index in [0.717, 1.165) is 18.4 Å². The minimum absolute atomic E-state index is 0.0294. The minimum Gasteiger partial charge on any atom is -0.383 e. The molecular formula is C11H13Cl3O. The Kier molecular flexibility index (Phi) is 5.77. The average Bonchev–Trinajstić information content (AvgIpc) is 2.17. The topological polar surface area (TPSA) is 9.23 Å². The first kappa shape index (κ1) is 13.1. The van der Waals surface area contributed by atoms with E-state index in [-0.39, 0.29) is 5.38 Å². The summed E-state index contributed by atoms with van der Waals surface area (Å²) in [6.07, 6.45) is 1.68. The molecular weight excluding hydrogens is 254 g/mol. The van der Waals surface area contributed by atoms with E-state index in [1.165, 1.54) is 0 Å². The summed E-state index contributed by atoms with van der Waals surface area (Å²) in [5, 5.41) is 1.38. The number of methoxy groups -OCH3 is 1. The lowest BCUT2D eigenvalue weighted by Crippen LogP contribution is -2.08. The van der Waals surface area contributed by atoms with Crippen molar-refractivity contribution in [3.05, 3.63) is 33.8 Å². The van der Waals surface area contributed by atoms with Gasteiger partial charge >= 0.3 is 0 Å². The molecule has 0 fully saturated rings. The second kappa shape index (κ2) is 6.59. The van der Waals surface area contributed by atoms with Crippen LogP contribution >= 0.6 is 34.8 Å².